The molecule has 3 rings (SSSR count). The first-order chi connectivity index (χ1) is 8.65. The maximum atomic E-state index is 5.47. The molecular weight excluding hydrogens is 248 g/mol. The van der Waals surface area contributed by atoms with E-state index in [0.717, 1.165) is 22.5 Å². The Morgan fingerprint density at radius 2 is 2.22 bits per heavy atom. The van der Waals surface area contributed by atoms with Gasteiger partial charge in [-0.1, -0.05) is 0 Å². The van der Waals surface area contributed by atoms with Gasteiger partial charge in [0, 0.05) is 6.20 Å². The summed E-state index contributed by atoms with van der Waals surface area (Å²) in [7, 11) is 0. The van der Waals surface area contributed by atoms with Crippen molar-refractivity contribution >= 4 is 23.4 Å². The molecule has 0 aromatic carbocycles. The summed E-state index contributed by atoms with van der Waals surface area (Å²) in [4.78, 5) is 11.7. The molecule has 92 valence electrons. The lowest BCUT2D eigenvalue weighted by Gasteiger charge is -2.00. The predicted molar refractivity (Wildman–Crippen MR) is 70.0 cm³/mol. The van der Waals surface area contributed by atoms with Crippen LogP contribution >= 0.6 is 12.2 Å². The third-order valence-electron chi connectivity index (χ3n) is 2.83. The number of imidazole rings is 1. The molecule has 3 aromatic rings. The normalized spacial score (nSPS) is 11.2. The van der Waals surface area contributed by atoms with Crippen molar-refractivity contribution in [2.75, 3.05) is 0 Å². The molecule has 0 aliphatic heterocycles. The molecule has 0 unspecified atom stereocenters. The van der Waals surface area contributed by atoms with Crippen molar-refractivity contribution < 1.29 is 4.42 Å². The van der Waals surface area contributed by atoms with Crippen LogP contribution in [-0.4, -0.2) is 19.5 Å². The number of hydrogen-bond acceptors (Lipinski definition) is 4. The minimum absolute atomic E-state index is 0.489. The Bertz CT molecular complexity index is 768. The van der Waals surface area contributed by atoms with E-state index in [0.29, 0.717) is 17.2 Å². The first-order valence-corrected chi connectivity index (χ1v) is 6.01. The Labute approximate surface area is 108 Å². The van der Waals surface area contributed by atoms with Crippen molar-refractivity contribution in [3.8, 4) is 0 Å². The molecule has 5 nitrogen and oxygen atoms in total. The van der Waals surface area contributed by atoms with E-state index < -0.39 is 0 Å². The summed E-state index contributed by atoms with van der Waals surface area (Å²) in [5.74, 6) is 1.42. The van der Waals surface area contributed by atoms with Crippen LogP contribution in [0.25, 0.3) is 11.2 Å². The molecule has 3 heterocycles. The Morgan fingerprint density at radius 1 is 1.39 bits per heavy atom. The number of nitrogens with one attached hydrogen (secondary N) is 1. The van der Waals surface area contributed by atoms with Crippen LogP contribution < -0.4 is 0 Å². The molecule has 0 saturated carbocycles. The number of aryl methyl sites for hydroxylation is 2. The summed E-state index contributed by atoms with van der Waals surface area (Å²) in [6.45, 7) is 4.38. The molecule has 0 radical (unpaired) electrons. The number of hydrogen-bond donors (Lipinski definition) is 1. The minimum Gasteiger partial charge on any atom is -0.444 e. The maximum absolute atomic E-state index is 5.47. The molecule has 18 heavy (non-hydrogen) atoms. The van der Waals surface area contributed by atoms with Crippen molar-refractivity contribution in [1.82, 2.24) is 19.5 Å². The minimum atomic E-state index is 0.489. The van der Waals surface area contributed by atoms with Crippen LogP contribution in [0.4, 0.5) is 0 Å². The van der Waals surface area contributed by atoms with Gasteiger partial charge in [-0.2, -0.15) is 0 Å². The monoisotopic (exact) mass is 260 g/mol. The lowest BCUT2D eigenvalue weighted by atomic mass is 10.3. The first kappa shape index (κ1) is 11.2. The van der Waals surface area contributed by atoms with Gasteiger partial charge in [0.15, 0.2) is 10.4 Å². The number of aromatic amines is 1. The largest absolute Gasteiger partial charge is 0.444 e. The molecule has 0 bridgehead atoms. The highest BCUT2D eigenvalue weighted by atomic mass is 32.1. The molecule has 0 aliphatic carbocycles. The van der Waals surface area contributed by atoms with Gasteiger partial charge in [-0.25, -0.2) is 9.97 Å². The second-order valence-corrected chi connectivity index (χ2v) is 4.59. The topological polar surface area (TPSA) is 59.6 Å². The van der Waals surface area contributed by atoms with Gasteiger partial charge in [0.25, 0.3) is 0 Å². The smallest absolute Gasteiger partial charge is 0.214 e. The predicted octanol–water partition coefficient (Wildman–Crippen LogP) is 2.75. The SMILES string of the molecule is Cc1cnc(Cn2c(=S)[nH]c3c(C)ccnc32)o1. The number of aromatic nitrogens is 4. The lowest BCUT2D eigenvalue weighted by molar-refractivity contribution is 0.458. The molecule has 0 amide bonds. The highest BCUT2D eigenvalue weighted by Gasteiger charge is 2.10. The zero-order chi connectivity index (χ0) is 12.7. The second kappa shape index (κ2) is 4.06. The summed E-state index contributed by atoms with van der Waals surface area (Å²) in [6, 6.07) is 1.95. The van der Waals surface area contributed by atoms with Crippen LogP contribution in [0.5, 0.6) is 0 Å². The fourth-order valence-electron chi connectivity index (χ4n) is 1.93. The van der Waals surface area contributed by atoms with E-state index in [9.17, 15) is 0 Å². The first-order valence-electron chi connectivity index (χ1n) is 5.60. The van der Waals surface area contributed by atoms with Crippen molar-refractivity contribution in [1.29, 1.82) is 0 Å². The van der Waals surface area contributed by atoms with Gasteiger partial charge in [0.1, 0.15) is 12.3 Å². The quantitative estimate of drug-likeness (QED) is 0.720. The Kier molecular flexibility index (Phi) is 2.52. The van der Waals surface area contributed by atoms with E-state index in [1.54, 1.807) is 12.4 Å². The number of rotatable bonds is 2. The fraction of sp³-hybridized carbons (Fsp3) is 0.250. The molecule has 0 atom stereocenters. The average molecular weight is 260 g/mol. The summed E-state index contributed by atoms with van der Waals surface area (Å²) in [6.07, 6.45) is 3.48. The van der Waals surface area contributed by atoms with E-state index >= 15 is 0 Å². The average Bonchev–Trinajstić information content (AvgIpc) is 2.87. The van der Waals surface area contributed by atoms with E-state index in [-0.39, 0.29) is 0 Å². The van der Waals surface area contributed by atoms with Crippen LogP contribution in [0.3, 0.4) is 0 Å². The van der Waals surface area contributed by atoms with Crippen LogP contribution in [0.2, 0.25) is 0 Å². The molecule has 0 spiro atoms. The van der Waals surface area contributed by atoms with Gasteiger partial charge < -0.3 is 9.40 Å². The van der Waals surface area contributed by atoms with Crippen molar-refractivity contribution in [2.45, 2.75) is 20.4 Å². The molecule has 0 saturated heterocycles. The second-order valence-electron chi connectivity index (χ2n) is 4.21. The third kappa shape index (κ3) is 1.74. The maximum Gasteiger partial charge on any atom is 0.214 e. The molecule has 0 aliphatic rings. The molecule has 1 N–H and O–H groups in total. The standard InChI is InChI=1S/C12H12N4OS/c1-7-3-4-13-11-10(7)15-12(18)16(11)6-9-14-5-8(2)17-9/h3-5H,6H2,1-2H3,(H,15,18). The highest BCUT2D eigenvalue weighted by molar-refractivity contribution is 7.71. The van der Waals surface area contributed by atoms with Gasteiger partial charge in [-0.05, 0) is 37.7 Å². The molecule has 3 aromatic heterocycles. The summed E-state index contributed by atoms with van der Waals surface area (Å²) >= 11 is 5.32. The number of H-pyrrole nitrogens is 1. The number of oxazole rings is 1. The van der Waals surface area contributed by atoms with Crippen LogP contribution in [0.1, 0.15) is 17.2 Å². The van der Waals surface area contributed by atoms with E-state index in [4.69, 9.17) is 16.6 Å². The number of pyridine rings is 1. The van der Waals surface area contributed by atoms with Crippen LogP contribution in [-0.2, 0) is 6.54 Å². The highest BCUT2D eigenvalue weighted by Crippen LogP contribution is 2.16. The van der Waals surface area contributed by atoms with Crippen LogP contribution in [0, 0.1) is 18.6 Å². The van der Waals surface area contributed by atoms with Gasteiger partial charge >= 0.3 is 0 Å². The van der Waals surface area contributed by atoms with Gasteiger partial charge in [-0.15, -0.1) is 0 Å². The zero-order valence-corrected chi connectivity index (χ0v) is 10.9. The van der Waals surface area contributed by atoms with E-state index in [1.807, 2.05) is 24.5 Å². The van der Waals surface area contributed by atoms with Gasteiger partial charge in [0.2, 0.25) is 5.89 Å². The third-order valence-corrected chi connectivity index (χ3v) is 3.16. The lowest BCUT2D eigenvalue weighted by Crippen LogP contribution is -2.01. The van der Waals surface area contributed by atoms with E-state index in [1.165, 1.54) is 0 Å². The van der Waals surface area contributed by atoms with E-state index in [2.05, 4.69) is 15.0 Å². The van der Waals surface area contributed by atoms with Crippen molar-refractivity contribution in [2.24, 2.45) is 0 Å². The summed E-state index contributed by atoms with van der Waals surface area (Å²) < 4.78 is 7.99. The Morgan fingerprint density at radius 3 is 2.94 bits per heavy atom. The fourth-order valence-corrected chi connectivity index (χ4v) is 2.18. The summed E-state index contributed by atoms with van der Waals surface area (Å²) in [5, 5.41) is 0. The zero-order valence-electron chi connectivity index (χ0n) is 10.1. The van der Waals surface area contributed by atoms with Crippen molar-refractivity contribution in [3.63, 3.8) is 0 Å². The van der Waals surface area contributed by atoms with Crippen molar-refractivity contribution in [3.05, 3.63) is 40.4 Å². The Hall–Kier alpha value is -1.95. The van der Waals surface area contributed by atoms with Crippen LogP contribution in [0.15, 0.2) is 22.9 Å². The van der Waals surface area contributed by atoms with Gasteiger partial charge in [-0.3, -0.25) is 4.57 Å². The Balaban J connectivity index is 2.14. The number of nitrogens with zero attached hydrogens (tertiary/aromatic N) is 3. The van der Waals surface area contributed by atoms with Gasteiger partial charge in [0.05, 0.1) is 11.7 Å². The number of fused-ring (bicyclic) bond motifs is 1. The molecular formula is C12H12N4OS. The molecule has 6 heteroatoms. The molecule has 0 fully saturated rings. The summed E-state index contributed by atoms with van der Waals surface area (Å²) in [5.41, 5.74) is 2.91.